The standard InChI is InChI=1S/C17H29BrN2O/c1-4-7-13-8-6-10-17(21,11-9-13)12-15-16(18)14(5-2)19-20(15)3/h13,21H,4-12H2,1-3H3. The lowest BCUT2D eigenvalue weighted by Gasteiger charge is -2.27. The van der Waals surface area contributed by atoms with E-state index in [1.807, 2.05) is 11.7 Å². The van der Waals surface area contributed by atoms with Crippen molar-refractivity contribution in [3.63, 3.8) is 0 Å². The van der Waals surface area contributed by atoms with E-state index in [4.69, 9.17) is 0 Å². The van der Waals surface area contributed by atoms with Gasteiger partial charge in [0, 0.05) is 13.5 Å². The Morgan fingerprint density at radius 3 is 2.71 bits per heavy atom. The third-order valence-corrected chi connectivity index (χ3v) is 5.88. The van der Waals surface area contributed by atoms with Gasteiger partial charge in [0.25, 0.3) is 0 Å². The summed E-state index contributed by atoms with van der Waals surface area (Å²) in [6.07, 6.45) is 9.66. The number of halogens is 1. The number of hydrogen-bond acceptors (Lipinski definition) is 2. The van der Waals surface area contributed by atoms with Gasteiger partial charge in [0.15, 0.2) is 0 Å². The van der Waals surface area contributed by atoms with E-state index in [9.17, 15) is 5.11 Å². The fraction of sp³-hybridized carbons (Fsp3) is 0.824. The fourth-order valence-corrected chi connectivity index (χ4v) is 4.42. The van der Waals surface area contributed by atoms with E-state index in [0.717, 1.165) is 53.9 Å². The zero-order valence-corrected chi connectivity index (χ0v) is 15.2. The summed E-state index contributed by atoms with van der Waals surface area (Å²) in [6, 6.07) is 0. The highest BCUT2D eigenvalue weighted by molar-refractivity contribution is 9.10. The first kappa shape index (κ1) is 17.0. The van der Waals surface area contributed by atoms with E-state index in [-0.39, 0.29) is 0 Å². The molecule has 0 saturated heterocycles. The molecule has 1 fully saturated rings. The van der Waals surface area contributed by atoms with Crippen LogP contribution in [0.4, 0.5) is 0 Å². The van der Waals surface area contributed by atoms with E-state index < -0.39 is 5.60 Å². The lowest BCUT2D eigenvalue weighted by Crippen LogP contribution is -2.31. The van der Waals surface area contributed by atoms with E-state index >= 15 is 0 Å². The van der Waals surface area contributed by atoms with Crippen LogP contribution < -0.4 is 0 Å². The third-order valence-electron chi connectivity index (χ3n) is 4.97. The van der Waals surface area contributed by atoms with Gasteiger partial charge in [0.1, 0.15) is 0 Å². The topological polar surface area (TPSA) is 38.1 Å². The summed E-state index contributed by atoms with van der Waals surface area (Å²) in [5, 5.41) is 15.6. The normalized spacial score (nSPS) is 26.8. The summed E-state index contributed by atoms with van der Waals surface area (Å²) < 4.78 is 3.03. The molecule has 0 radical (unpaired) electrons. The van der Waals surface area contributed by atoms with Crippen molar-refractivity contribution in [2.24, 2.45) is 13.0 Å². The molecule has 0 bridgehead atoms. The van der Waals surface area contributed by atoms with Crippen LogP contribution >= 0.6 is 15.9 Å². The largest absolute Gasteiger partial charge is 0.389 e. The van der Waals surface area contributed by atoms with Crippen LogP contribution in [-0.4, -0.2) is 20.5 Å². The summed E-state index contributed by atoms with van der Waals surface area (Å²) in [5.74, 6) is 0.810. The average Bonchev–Trinajstić information content (AvgIpc) is 2.62. The minimum atomic E-state index is -0.552. The molecule has 21 heavy (non-hydrogen) atoms. The maximum atomic E-state index is 11.1. The summed E-state index contributed by atoms with van der Waals surface area (Å²) >= 11 is 3.68. The van der Waals surface area contributed by atoms with Gasteiger partial charge < -0.3 is 5.11 Å². The Bertz CT molecular complexity index is 472. The molecule has 2 rings (SSSR count). The van der Waals surface area contributed by atoms with Gasteiger partial charge in [-0.1, -0.05) is 39.5 Å². The van der Waals surface area contributed by atoms with Gasteiger partial charge in [-0.2, -0.15) is 5.10 Å². The van der Waals surface area contributed by atoms with Crippen molar-refractivity contribution in [2.75, 3.05) is 0 Å². The minimum absolute atomic E-state index is 0.552. The number of rotatable bonds is 5. The molecule has 3 nitrogen and oxygen atoms in total. The first-order valence-electron chi connectivity index (χ1n) is 8.41. The quantitative estimate of drug-likeness (QED) is 0.794. The smallest absolute Gasteiger partial charge is 0.0766 e. The predicted molar refractivity (Wildman–Crippen MR) is 90.4 cm³/mol. The zero-order chi connectivity index (χ0) is 15.5. The first-order valence-corrected chi connectivity index (χ1v) is 9.21. The second-order valence-electron chi connectivity index (χ2n) is 6.67. The zero-order valence-electron chi connectivity index (χ0n) is 13.7. The molecular weight excluding hydrogens is 328 g/mol. The molecule has 2 atom stereocenters. The van der Waals surface area contributed by atoms with Crippen LogP contribution in [0, 0.1) is 5.92 Å². The van der Waals surface area contributed by atoms with Gasteiger partial charge in [-0.05, 0) is 47.5 Å². The molecule has 1 aromatic rings. The van der Waals surface area contributed by atoms with Crippen LogP contribution in [0.3, 0.4) is 0 Å². The minimum Gasteiger partial charge on any atom is -0.389 e. The Kier molecular flexibility index (Phi) is 5.89. The molecule has 1 aliphatic carbocycles. The molecule has 1 N–H and O–H groups in total. The van der Waals surface area contributed by atoms with Gasteiger partial charge in [-0.3, -0.25) is 4.68 Å². The molecule has 120 valence electrons. The SMILES string of the molecule is CCCC1CCCC(O)(Cc2c(Br)c(CC)nn2C)CC1. The number of nitrogens with zero attached hydrogens (tertiary/aromatic N) is 2. The number of aryl methyl sites for hydroxylation is 2. The second-order valence-corrected chi connectivity index (χ2v) is 7.46. The van der Waals surface area contributed by atoms with Crippen LogP contribution in [0.1, 0.15) is 70.2 Å². The maximum absolute atomic E-state index is 11.1. The van der Waals surface area contributed by atoms with Crippen molar-refractivity contribution in [3.05, 3.63) is 15.9 Å². The molecule has 2 unspecified atom stereocenters. The van der Waals surface area contributed by atoms with E-state index in [2.05, 4.69) is 34.9 Å². The van der Waals surface area contributed by atoms with Gasteiger partial charge in [-0.15, -0.1) is 0 Å². The lowest BCUT2D eigenvalue weighted by atomic mass is 9.88. The van der Waals surface area contributed by atoms with Gasteiger partial charge >= 0.3 is 0 Å². The molecule has 1 saturated carbocycles. The molecule has 0 amide bonds. The Hall–Kier alpha value is -0.350. The Morgan fingerprint density at radius 1 is 1.33 bits per heavy atom. The van der Waals surface area contributed by atoms with Crippen LogP contribution in [0.15, 0.2) is 4.47 Å². The molecular formula is C17H29BrN2O. The molecule has 0 aromatic carbocycles. The Labute approximate surface area is 137 Å². The highest BCUT2D eigenvalue weighted by Crippen LogP contribution is 2.36. The lowest BCUT2D eigenvalue weighted by molar-refractivity contribution is 0.0222. The molecule has 1 aliphatic rings. The molecule has 4 heteroatoms. The molecule has 0 aliphatic heterocycles. The van der Waals surface area contributed by atoms with E-state index in [0.29, 0.717) is 0 Å². The van der Waals surface area contributed by atoms with Crippen LogP contribution in [0.2, 0.25) is 0 Å². The van der Waals surface area contributed by atoms with Gasteiger partial charge in [-0.25, -0.2) is 0 Å². The van der Waals surface area contributed by atoms with Crippen molar-refractivity contribution in [1.82, 2.24) is 9.78 Å². The van der Waals surface area contributed by atoms with Crippen LogP contribution in [0.25, 0.3) is 0 Å². The average molecular weight is 357 g/mol. The number of aromatic nitrogens is 2. The van der Waals surface area contributed by atoms with Crippen molar-refractivity contribution < 1.29 is 5.11 Å². The summed E-state index contributed by atoms with van der Waals surface area (Å²) in [6.45, 7) is 4.38. The highest BCUT2D eigenvalue weighted by atomic mass is 79.9. The van der Waals surface area contributed by atoms with Crippen molar-refractivity contribution in [3.8, 4) is 0 Å². The van der Waals surface area contributed by atoms with Crippen molar-refractivity contribution in [1.29, 1.82) is 0 Å². The number of hydrogen-bond donors (Lipinski definition) is 1. The highest BCUT2D eigenvalue weighted by Gasteiger charge is 2.33. The Morgan fingerprint density at radius 2 is 2.10 bits per heavy atom. The number of aliphatic hydroxyl groups is 1. The summed E-state index contributed by atoms with van der Waals surface area (Å²) in [7, 11) is 1.99. The van der Waals surface area contributed by atoms with Gasteiger partial charge in [0.05, 0.1) is 21.5 Å². The summed E-state index contributed by atoms with van der Waals surface area (Å²) in [5.41, 5.74) is 1.68. The molecule has 1 heterocycles. The van der Waals surface area contributed by atoms with E-state index in [1.165, 1.54) is 25.7 Å². The van der Waals surface area contributed by atoms with Crippen molar-refractivity contribution >= 4 is 15.9 Å². The fourth-order valence-electron chi connectivity index (χ4n) is 3.66. The van der Waals surface area contributed by atoms with E-state index in [1.54, 1.807) is 0 Å². The third kappa shape index (κ3) is 4.10. The Balaban J connectivity index is 2.09. The monoisotopic (exact) mass is 356 g/mol. The molecule has 0 spiro atoms. The second kappa shape index (κ2) is 7.28. The maximum Gasteiger partial charge on any atom is 0.0766 e. The summed E-state index contributed by atoms with van der Waals surface area (Å²) in [4.78, 5) is 0. The molecule has 1 aromatic heterocycles. The first-order chi connectivity index (χ1) is 9.99. The van der Waals surface area contributed by atoms with Gasteiger partial charge in [0.2, 0.25) is 0 Å². The van der Waals surface area contributed by atoms with Crippen molar-refractivity contribution in [2.45, 2.75) is 77.2 Å². The predicted octanol–water partition coefficient (Wildman–Crippen LogP) is 4.40. The van der Waals surface area contributed by atoms with Crippen LogP contribution in [-0.2, 0) is 19.9 Å². The van der Waals surface area contributed by atoms with Crippen LogP contribution in [0.5, 0.6) is 0 Å².